The molecule has 1 aromatic rings. The number of hydrogen-bond donors (Lipinski definition) is 2. The molecule has 0 heterocycles. The maximum atomic E-state index is 10.8. The molecule has 1 aromatic carbocycles. The SMILES string of the molecule is Cc1cc(NCC(O)C(C)C)c(Br)cc1[N+](=O)[O-]. The van der Waals surface area contributed by atoms with Crippen molar-refractivity contribution in [1.29, 1.82) is 0 Å². The summed E-state index contributed by atoms with van der Waals surface area (Å²) in [5.74, 6) is 0.162. The Balaban J connectivity index is 2.85. The zero-order valence-corrected chi connectivity index (χ0v) is 12.2. The van der Waals surface area contributed by atoms with Gasteiger partial charge in [-0.25, -0.2) is 0 Å². The Kier molecular flexibility index (Phi) is 5.10. The van der Waals surface area contributed by atoms with Gasteiger partial charge in [0.2, 0.25) is 0 Å². The van der Waals surface area contributed by atoms with Gasteiger partial charge in [0, 0.05) is 28.3 Å². The van der Waals surface area contributed by atoms with Crippen LogP contribution in [0.4, 0.5) is 11.4 Å². The van der Waals surface area contributed by atoms with Gasteiger partial charge in [-0.3, -0.25) is 10.1 Å². The van der Waals surface area contributed by atoms with Crippen LogP contribution in [0.3, 0.4) is 0 Å². The molecule has 1 rings (SSSR count). The number of nitro benzene ring substituents is 1. The number of anilines is 1. The number of rotatable bonds is 5. The summed E-state index contributed by atoms with van der Waals surface area (Å²) >= 11 is 3.29. The van der Waals surface area contributed by atoms with Gasteiger partial charge in [-0.05, 0) is 34.8 Å². The first-order valence-corrected chi connectivity index (χ1v) is 6.48. The van der Waals surface area contributed by atoms with Crippen LogP contribution in [0.1, 0.15) is 19.4 Å². The fourth-order valence-electron chi connectivity index (χ4n) is 1.45. The van der Waals surface area contributed by atoms with Crippen LogP contribution in [-0.4, -0.2) is 22.7 Å². The third kappa shape index (κ3) is 3.68. The predicted molar refractivity (Wildman–Crippen MR) is 74.9 cm³/mol. The number of aryl methyl sites for hydroxylation is 1. The van der Waals surface area contributed by atoms with Crippen LogP contribution in [-0.2, 0) is 0 Å². The van der Waals surface area contributed by atoms with Gasteiger partial charge < -0.3 is 10.4 Å². The van der Waals surface area contributed by atoms with E-state index >= 15 is 0 Å². The molecule has 0 saturated heterocycles. The van der Waals surface area contributed by atoms with Crippen LogP contribution in [0.2, 0.25) is 0 Å². The molecule has 100 valence electrons. The Morgan fingerprint density at radius 1 is 1.50 bits per heavy atom. The molecular weight excluding hydrogens is 300 g/mol. The van der Waals surface area contributed by atoms with Gasteiger partial charge in [0.15, 0.2) is 0 Å². The number of halogens is 1. The topological polar surface area (TPSA) is 75.4 Å². The summed E-state index contributed by atoms with van der Waals surface area (Å²) in [5, 5.41) is 23.6. The summed E-state index contributed by atoms with van der Waals surface area (Å²) in [6.45, 7) is 5.97. The van der Waals surface area contributed by atoms with E-state index in [0.717, 1.165) is 5.69 Å². The Morgan fingerprint density at radius 3 is 2.61 bits per heavy atom. The molecule has 0 radical (unpaired) electrons. The molecule has 0 aliphatic heterocycles. The van der Waals surface area contributed by atoms with Crippen molar-refractivity contribution in [2.24, 2.45) is 5.92 Å². The predicted octanol–water partition coefficient (Wildman–Crippen LogP) is 3.09. The van der Waals surface area contributed by atoms with E-state index in [1.54, 1.807) is 13.0 Å². The Hall–Kier alpha value is -1.14. The van der Waals surface area contributed by atoms with Gasteiger partial charge >= 0.3 is 0 Å². The van der Waals surface area contributed by atoms with Crippen molar-refractivity contribution in [2.75, 3.05) is 11.9 Å². The second-order valence-electron chi connectivity index (χ2n) is 4.57. The van der Waals surface area contributed by atoms with Crippen molar-refractivity contribution in [3.8, 4) is 0 Å². The average Bonchev–Trinajstić information content (AvgIpc) is 2.28. The number of nitrogens with one attached hydrogen (secondary N) is 1. The molecule has 1 atom stereocenters. The molecular formula is C12H17BrN2O3. The second kappa shape index (κ2) is 6.15. The normalized spacial score (nSPS) is 12.6. The van der Waals surface area contributed by atoms with Gasteiger partial charge in [0.1, 0.15) is 0 Å². The van der Waals surface area contributed by atoms with E-state index in [1.807, 2.05) is 13.8 Å². The molecule has 0 bridgehead atoms. The van der Waals surface area contributed by atoms with Crippen LogP contribution in [0.25, 0.3) is 0 Å². The van der Waals surface area contributed by atoms with Crippen LogP contribution in [0, 0.1) is 23.0 Å². The maximum absolute atomic E-state index is 10.8. The lowest BCUT2D eigenvalue weighted by molar-refractivity contribution is -0.385. The highest BCUT2D eigenvalue weighted by Crippen LogP contribution is 2.30. The highest BCUT2D eigenvalue weighted by Gasteiger charge is 2.15. The quantitative estimate of drug-likeness (QED) is 0.646. The lowest BCUT2D eigenvalue weighted by atomic mass is 10.1. The Labute approximate surface area is 114 Å². The van der Waals surface area contributed by atoms with E-state index in [0.29, 0.717) is 16.6 Å². The lowest BCUT2D eigenvalue weighted by Crippen LogP contribution is -2.24. The standard InChI is InChI=1S/C12H17BrN2O3/c1-7(2)12(16)6-14-10-4-8(3)11(15(17)18)5-9(10)13/h4-5,7,12,14,16H,6H2,1-3H3. The third-order valence-electron chi connectivity index (χ3n) is 2.75. The molecule has 0 amide bonds. The monoisotopic (exact) mass is 316 g/mol. The summed E-state index contributed by atoms with van der Waals surface area (Å²) in [7, 11) is 0. The van der Waals surface area contributed by atoms with Crippen LogP contribution < -0.4 is 5.32 Å². The number of aliphatic hydroxyl groups excluding tert-OH is 1. The molecule has 5 nitrogen and oxygen atoms in total. The molecule has 6 heteroatoms. The van der Waals surface area contributed by atoms with E-state index in [4.69, 9.17) is 0 Å². The molecule has 0 aromatic heterocycles. The smallest absolute Gasteiger partial charge is 0.273 e. The zero-order chi connectivity index (χ0) is 13.9. The Bertz CT molecular complexity index is 449. The summed E-state index contributed by atoms with van der Waals surface area (Å²) in [4.78, 5) is 10.4. The van der Waals surface area contributed by atoms with Crippen LogP contribution in [0.5, 0.6) is 0 Å². The van der Waals surface area contributed by atoms with E-state index in [9.17, 15) is 15.2 Å². The number of aliphatic hydroxyl groups is 1. The van der Waals surface area contributed by atoms with E-state index in [2.05, 4.69) is 21.2 Å². The summed E-state index contributed by atoms with van der Waals surface area (Å²) < 4.78 is 0.621. The van der Waals surface area contributed by atoms with E-state index in [-0.39, 0.29) is 11.6 Å². The van der Waals surface area contributed by atoms with Crippen LogP contribution >= 0.6 is 15.9 Å². The minimum absolute atomic E-state index is 0.0804. The van der Waals surface area contributed by atoms with Gasteiger partial charge in [-0.2, -0.15) is 0 Å². The molecule has 2 N–H and O–H groups in total. The van der Waals surface area contributed by atoms with Gasteiger partial charge in [-0.1, -0.05) is 13.8 Å². The van der Waals surface area contributed by atoms with Crippen molar-refractivity contribution < 1.29 is 10.0 Å². The minimum Gasteiger partial charge on any atom is -0.391 e. The van der Waals surface area contributed by atoms with E-state index in [1.165, 1.54) is 6.07 Å². The van der Waals surface area contributed by atoms with Gasteiger partial charge in [0.05, 0.1) is 11.0 Å². The first kappa shape index (κ1) is 14.9. The molecule has 0 spiro atoms. The maximum Gasteiger partial charge on any atom is 0.273 e. The highest BCUT2D eigenvalue weighted by molar-refractivity contribution is 9.10. The molecule has 0 aliphatic carbocycles. The largest absolute Gasteiger partial charge is 0.391 e. The Morgan fingerprint density at radius 2 is 2.11 bits per heavy atom. The molecule has 0 fully saturated rings. The van der Waals surface area contributed by atoms with Crippen molar-refractivity contribution in [3.63, 3.8) is 0 Å². The second-order valence-corrected chi connectivity index (χ2v) is 5.42. The number of benzene rings is 1. The van der Waals surface area contributed by atoms with Crippen LogP contribution in [0.15, 0.2) is 16.6 Å². The van der Waals surface area contributed by atoms with Crippen molar-refractivity contribution in [2.45, 2.75) is 26.9 Å². The summed E-state index contributed by atoms with van der Waals surface area (Å²) in [5.41, 5.74) is 1.42. The molecule has 1 unspecified atom stereocenters. The number of nitrogens with zero attached hydrogens (tertiary/aromatic N) is 1. The highest BCUT2D eigenvalue weighted by atomic mass is 79.9. The van der Waals surface area contributed by atoms with E-state index < -0.39 is 11.0 Å². The third-order valence-corrected chi connectivity index (χ3v) is 3.41. The van der Waals surface area contributed by atoms with Crippen molar-refractivity contribution >= 4 is 27.3 Å². The minimum atomic E-state index is -0.451. The number of hydrogen-bond acceptors (Lipinski definition) is 4. The molecule has 0 saturated carbocycles. The molecule has 18 heavy (non-hydrogen) atoms. The summed E-state index contributed by atoms with van der Waals surface area (Å²) in [6.07, 6.45) is -0.451. The fraction of sp³-hybridized carbons (Fsp3) is 0.500. The fourth-order valence-corrected chi connectivity index (χ4v) is 1.92. The van der Waals surface area contributed by atoms with Gasteiger partial charge in [-0.15, -0.1) is 0 Å². The lowest BCUT2D eigenvalue weighted by Gasteiger charge is -2.17. The first-order valence-electron chi connectivity index (χ1n) is 5.69. The average molecular weight is 317 g/mol. The summed E-state index contributed by atoms with van der Waals surface area (Å²) in [6, 6.07) is 3.18. The van der Waals surface area contributed by atoms with Gasteiger partial charge in [0.25, 0.3) is 5.69 Å². The molecule has 0 aliphatic rings. The first-order chi connectivity index (χ1) is 8.32. The van der Waals surface area contributed by atoms with Crippen molar-refractivity contribution in [3.05, 3.63) is 32.3 Å². The zero-order valence-electron chi connectivity index (χ0n) is 10.6. The van der Waals surface area contributed by atoms with Crippen molar-refractivity contribution in [1.82, 2.24) is 0 Å². The number of nitro groups is 1.